The quantitative estimate of drug-likeness (QED) is 0.143. The number of nitrogens with one attached hydrogen (secondary N) is 3. The Hall–Kier alpha value is -3.26. The summed E-state index contributed by atoms with van der Waals surface area (Å²) in [6.45, 7) is 0.207. The third-order valence-corrected chi connectivity index (χ3v) is 3.56. The summed E-state index contributed by atoms with van der Waals surface area (Å²) in [6, 6.07) is -5.95. The van der Waals surface area contributed by atoms with Crippen molar-refractivity contribution in [1.82, 2.24) is 16.0 Å². The molecule has 0 saturated carbocycles. The Kier molecular flexibility index (Phi) is 10.9. The maximum atomic E-state index is 12.3. The molecule has 0 fully saturated rings. The van der Waals surface area contributed by atoms with Gasteiger partial charge in [0.15, 0.2) is 0 Å². The summed E-state index contributed by atoms with van der Waals surface area (Å²) in [5.74, 6) is -7.24. The van der Waals surface area contributed by atoms with E-state index >= 15 is 0 Å². The van der Waals surface area contributed by atoms with E-state index in [0.29, 0.717) is 0 Å². The van der Waals surface area contributed by atoms with Crippen LogP contribution < -0.4 is 21.7 Å². The Morgan fingerprint density at radius 1 is 0.828 bits per heavy atom. The number of hydrogen-bond acceptors (Lipinski definition) is 8. The lowest BCUT2D eigenvalue weighted by Gasteiger charge is -2.23. The fourth-order valence-electron chi connectivity index (χ4n) is 1.91. The number of carboxylic acids is 3. The van der Waals surface area contributed by atoms with Gasteiger partial charge in [-0.15, -0.1) is 0 Å². The van der Waals surface area contributed by atoms with Crippen LogP contribution in [0.1, 0.15) is 26.2 Å². The van der Waals surface area contributed by atoms with E-state index in [4.69, 9.17) is 21.1 Å². The molecule has 0 heterocycles. The van der Waals surface area contributed by atoms with Crippen LogP contribution in [0.4, 0.5) is 0 Å². The number of aliphatic hydroxyl groups excluding tert-OH is 1. The van der Waals surface area contributed by atoms with E-state index in [1.54, 1.807) is 0 Å². The van der Waals surface area contributed by atoms with Gasteiger partial charge < -0.3 is 42.1 Å². The summed E-state index contributed by atoms with van der Waals surface area (Å²) in [6.07, 6.45) is -1.59. The van der Waals surface area contributed by atoms with Crippen LogP contribution in [0.15, 0.2) is 0 Å². The summed E-state index contributed by atoms with van der Waals surface area (Å²) in [7, 11) is 0. The van der Waals surface area contributed by atoms with Crippen molar-refractivity contribution in [2.45, 2.75) is 50.4 Å². The number of carboxylic acid groups (broad SMARTS) is 3. The highest BCUT2D eigenvalue weighted by molar-refractivity contribution is 5.95. The van der Waals surface area contributed by atoms with Gasteiger partial charge in [0.05, 0.1) is 19.1 Å². The van der Waals surface area contributed by atoms with Crippen LogP contribution in [0.25, 0.3) is 0 Å². The third kappa shape index (κ3) is 10.0. The van der Waals surface area contributed by atoms with Crippen LogP contribution >= 0.6 is 0 Å². The molecule has 4 unspecified atom stereocenters. The topological polar surface area (TPSA) is 245 Å². The standard InChI is InChI=1S/C15H24N4O10/c1-6(15(28)29)17-14(27)9(5-20)19-13(26)8(4-11(23)24)18-12(25)7(16)2-3-10(21)22/h6-9,20H,2-5,16H2,1H3,(H,17,27)(H,18,25)(H,19,26)(H,21,22)(H,23,24)(H,28,29). The SMILES string of the molecule is CC(NC(=O)C(CO)NC(=O)C(CC(=O)O)NC(=O)C(N)CCC(=O)O)C(=O)O. The second kappa shape index (κ2) is 12.2. The first-order valence-electron chi connectivity index (χ1n) is 8.33. The summed E-state index contributed by atoms with van der Waals surface area (Å²) in [4.78, 5) is 68.4. The number of carbonyl (C=O) groups excluding carboxylic acids is 3. The second-order valence-corrected chi connectivity index (χ2v) is 6.01. The van der Waals surface area contributed by atoms with Crippen molar-refractivity contribution in [2.75, 3.05) is 6.61 Å². The Labute approximate surface area is 164 Å². The molecule has 164 valence electrons. The van der Waals surface area contributed by atoms with Crippen LogP contribution in [0.2, 0.25) is 0 Å². The Morgan fingerprint density at radius 2 is 1.34 bits per heavy atom. The fraction of sp³-hybridized carbons (Fsp3) is 0.600. The second-order valence-electron chi connectivity index (χ2n) is 6.01. The summed E-state index contributed by atoms with van der Waals surface area (Å²) in [5.41, 5.74) is 5.49. The van der Waals surface area contributed by atoms with E-state index in [1.807, 2.05) is 16.0 Å². The number of aliphatic hydroxyl groups is 1. The lowest BCUT2D eigenvalue weighted by molar-refractivity contribution is -0.143. The predicted molar refractivity (Wildman–Crippen MR) is 93.3 cm³/mol. The highest BCUT2D eigenvalue weighted by Gasteiger charge is 2.30. The van der Waals surface area contributed by atoms with Gasteiger partial charge in [-0.25, -0.2) is 0 Å². The minimum Gasteiger partial charge on any atom is -0.481 e. The molecule has 0 bridgehead atoms. The van der Waals surface area contributed by atoms with Gasteiger partial charge in [0.25, 0.3) is 0 Å². The van der Waals surface area contributed by atoms with E-state index in [2.05, 4.69) is 0 Å². The first-order valence-corrected chi connectivity index (χ1v) is 8.33. The van der Waals surface area contributed by atoms with Gasteiger partial charge in [-0.2, -0.15) is 0 Å². The molecule has 9 N–H and O–H groups in total. The fourth-order valence-corrected chi connectivity index (χ4v) is 1.91. The van der Waals surface area contributed by atoms with Gasteiger partial charge in [-0.3, -0.25) is 28.8 Å². The molecular weight excluding hydrogens is 396 g/mol. The van der Waals surface area contributed by atoms with Crippen LogP contribution in [0, 0.1) is 0 Å². The molecule has 0 aromatic heterocycles. The average molecular weight is 420 g/mol. The summed E-state index contributed by atoms with van der Waals surface area (Å²) in [5, 5.41) is 41.6. The largest absolute Gasteiger partial charge is 0.481 e. The zero-order valence-corrected chi connectivity index (χ0v) is 15.5. The average Bonchev–Trinajstić information content (AvgIpc) is 2.62. The van der Waals surface area contributed by atoms with Crippen LogP contribution in [-0.2, 0) is 28.8 Å². The number of nitrogens with two attached hydrogens (primary N) is 1. The smallest absolute Gasteiger partial charge is 0.325 e. The molecule has 0 aliphatic carbocycles. The highest BCUT2D eigenvalue weighted by atomic mass is 16.4. The number of hydrogen-bond donors (Lipinski definition) is 8. The van der Waals surface area contributed by atoms with Gasteiger partial charge in [0.2, 0.25) is 17.7 Å². The van der Waals surface area contributed by atoms with Gasteiger partial charge in [0.1, 0.15) is 18.1 Å². The minimum atomic E-state index is -1.69. The Balaban J connectivity index is 5.10. The molecule has 0 rings (SSSR count). The number of aliphatic carboxylic acids is 3. The molecule has 0 aromatic carbocycles. The van der Waals surface area contributed by atoms with Gasteiger partial charge in [0, 0.05) is 6.42 Å². The molecule has 0 spiro atoms. The zero-order valence-electron chi connectivity index (χ0n) is 15.5. The number of amides is 3. The number of carbonyl (C=O) groups is 6. The van der Waals surface area contributed by atoms with Crippen molar-refractivity contribution in [2.24, 2.45) is 5.73 Å². The van der Waals surface area contributed by atoms with Gasteiger partial charge in [-0.05, 0) is 13.3 Å². The lowest BCUT2D eigenvalue weighted by Crippen LogP contribution is -2.58. The molecule has 14 nitrogen and oxygen atoms in total. The lowest BCUT2D eigenvalue weighted by atomic mass is 10.1. The third-order valence-electron chi connectivity index (χ3n) is 3.56. The minimum absolute atomic E-state index is 0.267. The predicted octanol–water partition coefficient (Wildman–Crippen LogP) is -3.80. The van der Waals surface area contributed by atoms with Crippen molar-refractivity contribution in [3.8, 4) is 0 Å². The highest BCUT2D eigenvalue weighted by Crippen LogP contribution is 2.00. The maximum absolute atomic E-state index is 12.3. The molecule has 4 atom stereocenters. The molecule has 3 amide bonds. The summed E-state index contributed by atoms with van der Waals surface area (Å²) < 4.78 is 0. The van der Waals surface area contributed by atoms with E-state index in [-0.39, 0.29) is 6.42 Å². The molecule has 29 heavy (non-hydrogen) atoms. The number of rotatable bonds is 13. The molecule has 0 saturated heterocycles. The van der Waals surface area contributed by atoms with Crippen LogP contribution in [-0.4, -0.2) is 86.8 Å². The Bertz CT molecular complexity index is 653. The molecular formula is C15H24N4O10. The normalized spacial score (nSPS) is 14.6. The first-order chi connectivity index (χ1) is 13.4. The first kappa shape index (κ1) is 25.7. The van der Waals surface area contributed by atoms with E-state index < -0.39 is 79.2 Å². The van der Waals surface area contributed by atoms with Crippen molar-refractivity contribution in [3.05, 3.63) is 0 Å². The molecule has 0 radical (unpaired) electrons. The molecule has 0 aliphatic rings. The van der Waals surface area contributed by atoms with E-state index in [9.17, 15) is 33.9 Å². The van der Waals surface area contributed by atoms with Crippen molar-refractivity contribution in [1.29, 1.82) is 0 Å². The summed E-state index contributed by atoms with van der Waals surface area (Å²) >= 11 is 0. The Morgan fingerprint density at radius 3 is 1.79 bits per heavy atom. The van der Waals surface area contributed by atoms with E-state index in [0.717, 1.165) is 6.92 Å². The van der Waals surface area contributed by atoms with E-state index in [1.165, 1.54) is 0 Å². The maximum Gasteiger partial charge on any atom is 0.325 e. The molecule has 14 heteroatoms. The monoisotopic (exact) mass is 420 g/mol. The van der Waals surface area contributed by atoms with Gasteiger partial charge >= 0.3 is 17.9 Å². The van der Waals surface area contributed by atoms with Crippen LogP contribution in [0.3, 0.4) is 0 Å². The molecule has 0 aromatic rings. The van der Waals surface area contributed by atoms with Crippen molar-refractivity contribution >= 4 is 35.6 Å². The molecule has 0 aliphatic heterocycles. The van der Waals surface area contributed by atoms with Crippen LogP contribution in [0.5, 0.6) is 0 Å². The van der Waals surface area contributed by atoms with Crippen molar-refractivity contribution < 1.29 is 49.2 Å². The van der Waals surface area contributed by atoms with Gasteiger partial charge in [-0.1, -0.05) is 0 Å². The zero-order chi connectivity index (χ0) is 22.7. The van der Waals surface area contributed by atoms with Crippen molar-refractivity contribution in [3.63, 3.8) is 0 Å².